The fraction of sp³-hybridized carbons (Fsp3) is 0.393. The zero-order valence-corrected chi connectivity index (χ0v) is 26.1. The Morgan fingerprint density at radius 2 is 1.66 bits per heavy atom. The maximum atomic E-state index is 13.9. The number of methoxy groups -OCH3 is 2. The quantitative estimate of drug-likeness (QED) is 0.213. The summed E-state index contributed by atoms with van der Waals surface area (Å²) in [6, 6.07) is 11.7. The molecule has 0 saturated carbocycles. The molecule has 0 bridgehead atoms. The van der Waals surface area contributed by atoms with E-state index in [-0.39, 0.29) is 37.1 Å². The first-order chi connectivity index (χ1) is 19.6. The lowest BCUT2D eigenvalue weighted by atomic mass is 10.2. The maximum Gasteiger partial charge on any atom is 0.260 e. The van der Waals surface area contributed by atoms with Crippen molar-refractivity contribution in [2.75, 3.05) is 52.0 Å². The number of carbonyl (C=O) groups excluding carboxylic acids is 1. The van der Waals surface area contributed by atoms with Crippen LogP contribution in [0.25, 0.3) is 10.2 Å². The van der Waals surface area contributed by atoms with E-state index in [4.69, 9.17) is 26.1 Å². The van der Waals surface area contributed by atoms with Gasteiger partial charge in [0.25, 0.3) is 5.91 Å². The van der Waals surface area contributed by atoms with E-state index in [1.54, 1.807) is 4.90 Å². The standard InChI is InChI=1S/C28H34ClN5O5S2/c1-19-18-20(2)34(31-19)13-12-33(28-30-26-21(3)24(29)10-11-25(26)40-28)27(35)22-6-8-23(9-7-22)41(36,37)32(14-16-38-4)15-17-39-5/h6-11,18H,12-17H2,1-5H3. The number of carbonyl (C=O) groups is 1. The van der Waals surface area contributed by atoms with Crippen molar-refractivity contribution in [1.29, 1.82) is 0 Å². The van der Waals surface area contributed by atoms with E-state index in [2.05, 4.69) is 5.10 Å². The minimum Gasteiger partial charge on any atom is -0.383 e. The van der Waals surface area contributed by atoms with Crippen LogP contribution in [0.1, 0.15) is 27.3 Å². The third-order valence-electron chi connectivity index (χ3n) is 6.68. The predicted octanol–water partition coefficient (Wildman–Crippen LogP) is 4.70. The minimum atomic E-state index is -3.82. The molecule has 0 aliphatic carbocycles. The van der Waals surface area contributed by atoms with E-state index < -0.39 is 10.0 Å². The van der Waals surface area contributed by atoms with E-state index in [0.717, 1.165) is 27.2 Å². The average Bonchev–Trinajstić information content (AvgIpc) is 3.53. The Morgan fingerprint density at radius 3 is 2.24 bits per heavy atom. The number of aromatic nitrogens is 3. The Bertz CT molecular complexity index is 1610. The molecule has 0 saturated heterocycles. The maximum absolute atomic E-state index is 13.9. The van der Waals surface area contributed by atoms with Crippen molar-refractivity contribution in [3.05, 3.63) is 70.0 Å². The van der Waals surface area contributed by atoms with Crippen LogP contribution in [0.3, 0.4) is 0 Å². The third kappa shape index (κ3) is 6.96. The molecule has 220 valence electrons. The molecule has 0 aliphatic rings. The highest BCUT2D eigenvalue weighted by atomic mass is 35.5. The molecule has 1 amide bonds. The van der Waals surface area contributed by atoms with Gasteiger partial charge in [-0.2, -0.15) is 9.40 Å². The number of aryl methyl sites for hydroxylation is 3. The topological polar surface area (TPSA) is 107 Å². The summed E-state index contributed by atoms with van der Waals surface area (Å²) in [5.41, 5.74) is 3.82. The van der Waals surface area contributed by atoms with Gasteiger partial charge in [0.15, 0.2) is 5.13 Å². The largest absolute Gasteiger partial charge is 0.383 e. The highest BCUT2D eigenvalue weighted by Gasteiger charge is 2.26. The average molecular weight is 620 g/mol. The number of nitrogens with zero attached hydrogens (tertiary/aromatic N) is 5. The molecule has 4 aromatic rings. The predicted molar refractivity (Wildman–Crippen MR) is 162 cm³/mol. The highest BCUT2D eigenvalue weighted by Crippen LogP contribution is 2.34. The third-order valence-corrected chi connectivity index (χ3v) is 10.0. The summed E-state index contributed by atoms with van der Waals surface area (Å²) >= 11 is 7.73. The normalized spacial score (nSPS) is 12.0. The van der Waals surface area contributed by atoms with Gasteiger partial charge in [-0.25, -0.2) is 13.4 Å². The molecular weight excluding hydrogens is 586 g/mol. The van der Waals surface area contributed by atoms with Crippen LogP contribution in [0.2, 0.25) is 5.02 Å². The van der Waals surface area contributed by atoms with Gasteiger partial charge in [0, 0.05) is 50.1 Å². The molecule has 0 N–H and O–H groups in total. The Morgan fingerprint density at radius 1 is 1.00 bits per heavy atom. The molecular formula is C28H34ClN5O5S2. The van der Waals surface area contributed by atoms with Crippen molar-refractivity contribution >= 4 is 54.2 Å². The van der Waals surface area contributed by atoms with Gasteiger partial charge in [0.2, 0.25) is 10.0 Å². The summed E-state index contributed by atoms with van der Waals surface area (Å²) in [4.78, 5) is 20.4. The van der Waals surface area contributed by atoms with Crippen LogP contribution in [0.4, 0.5) is 5.13 Å². The van der Waals surface area contributed by atoms with Crippen LogP contribution in [-0.4, -0.2) is 80.5 Å². The second kappa shape index (κ2) is 13.4. The number of amides is 1. The molecule has 41 heavy (non-hydrogen) atoms. The van der Waals surface area contributed by atoms with Crippen molar-refractivity contribution in [2.45, 2.75) is 32.2 Å². The Hall–Kier alpha value is -2.87. The summed E-state index contributed by atoms with van der Waals surface area (Å²) in [7, 11) is -0.787. The lowest BCUT2D eigenvalue weighted by Crippen LogP contribution is -2.36. The second-order valence-corrected chi connectivity index (χ2v) is 12.9. The number of rotatable bonds is 13. The Kier molecular flexibility index (Phi) is 10.2. The summed E-state index contributed by atoms with van der Waals surface area (Å²) in [5, 5.41) is 5.66. The molecule has 0 spiro atoms. The number of ether oxygens (including phenoxy) is 2. The summed E-state index contributed by atoms with van der Waals surface area (Å²) in [6.45, 7) is 7.43. The van der Waals surface area contributed by atoms with Gasteiger partial charge in [0.05, 0.1) is 40.6 Å². The molecule has 2 aromatic heterocycles. The molecule has 0 aliphatic heterocycles. The Balaban J connectivity index is 1.65. The van der Waals surface area contributed by atoms with Crippen LogP contribution in [0.5, 0.6) is 0 Å². The molecule has 0 radical (unpaired) electrons. The van der Waals surface area contributed by atoms with Gasteiger partial charge in [-0.3, -0.25) is 14.4 Å². The second-order valence-electron chi connectivity index (χ2n) is 9.54. The van der Waals surface area contributed by atoms with Crippen LogP contribution in [0, 0.1) is 20.8 Å². The summed E-state index contributed by atoms with van der Waals surface area (Å²) in [5.74, 6) is -0.297. The number of hydrogen-bond donors (Lipinski definition) is 0. The number of fused-ring (bicyclic) bond motifs is 1. The van der Waals surface area contributed by atoms with Gasteiger partial charge in [0.1, 0.15) is 0 Å². The minimum absolute atomic E-state index is 0.0840. The molecule has 2 aromatic carbocycles. The van der Waals surface area contributed by atoms with E-state index in [1.165, 1.54) is 54.1 Å². The van der Waals surface area contributed by atoms with E-state index in [1.807, 2.05) is 43.7 Å². The Labute approximate surface area is 249 Å². The van der Waals surface area contributed by atoms with E-state index in [0.29, 0.717) is 28.8 Å². The zero-order valence-electron chi connectivity index (χ0n) is 23.8. The van der Waals surface area contributed by atoms with Crippen LogP contribution >= 0.6 is 22.9 Å². The first kappa shape index (κ1) is 31.1. The molecule has 10 nitrogen and oxygen atoms in total. The number of halogens is 1. The van der Waals surface area contributed by atoms with E-state index in [9.17, 15) is 13.2 Å². The number of thiazole rings is 1. The van der Waals surface area contributed by atoms with Crippen molar-refractivity contribution in [1.82, 2.24) is 19.1 Å². The van der Waals surface area contributed by atoms with Gasteiger partial charge < -0.3 is 9.47 Å². The van der Waals surface area contributed by atoms with Crippen LogP contribution < -0.4 is 4.90 Å². The van der Waals surface area contributed by atoms with Crippen molar-refractivity contribution < 1.29 is 22.7 Å². The lowest BCUT2D eigenvalue weighted by Gasteiger charge is -2.22. The molecule has 0 fully saturated rings. The molecule has 0 atom stereocenters. The smallest absolute Gasteiger partial charge is 0.260 e. The fourth-order valence-corrected chi connectivity index (χ4v) is 7.01. The number of hydrogen-bond acceptors (Lipinski definition) is 8. The molecule has 2 heterocycles. The highest BCUT2D eigenvalue weighted by molar-refractivity contribution is 7.89. The molecule has 0 unspecified atom stereocenters. The molecule has 4 rings (SSSR count). The van der Waals surface area contributed by atoms with Gasteiger partial charge in [-0.05, 0) is 68.8 Å². The van der Waals surface area contributed by atoms with Crippen LogP contribution in [0.15, 0.2) is 47.4 Å². The number of anilines is 1. The number of sulfonamides is 1. The van der Waals surface area contributed by atoms with Gasteiger partial charge >= 0.3 is 0 Å². The van der Waals surface area contributed by atoms with Gasteiger partial charge in [-0.15, -0.1) is 0 Å². The van der Waals surface area contributed by atoms with Crippen LogP contribution in [-0.2, 0) is 26.0 Å². The van der Waals surface area contributed by atoms with Crippen molar-refractivity contribution in [3.63, 3.8) is 0 Å². The zero-order chi connectivity index (χ0) is 29.7. The van der Waals surface area contributed by atoms with Crippen molar-refractivity contribution in [2.24, 2.45) is 0 Å². The first-order valence-electron chi connectivity index (χ1n) is 13.0. The number of benzene rings is 2. The van der Waals surface area contributed by atoms with Crippen molar-refractivity contribution in [3.8, 4) is 0 Å². The van der Waals surface area contributed by atoms with Gasteiger partial charge in [-0.1, -0.05) is 22.9 Å². The lowest BCUT2D eigenvalue weighted by molar-refractivity contribution is 0.0985. The summed E-state index contributed by atoms with van der Waals surface area (Å²) in [6.07, 6.45) is 0. The van der Waals surface area contributed by atoms with E-state index >= 15 is 0 Å². The SMILES string of the molecule is COCCN(CCOC)S(=O)(=O)c1ccc(C(=O)N(CCn2nc(C)cc2C)c2nc3c(C)c(Cl)ccc3s2)cc1. The summed E-state index contributed by atoms with van der Waals surface area (Å²) < 4.78 is 40.9. The first-order valence-corrected chi connectivity index (χ1v) is 15.7. The molecule has 13 heteroatoms. The fourth-order valence-electron chi connectivity index (χ4n) is 4.40. The monoisotopic (exact) mass is 619 g/mol.